The van der Waals surface area contributed by atoms with Gasteiger partial charge in [-0.3, -0.25) is 10.1 Å². The number of hydrogen-bond donors (Lipinski definition) is 2. The lowest BCUT2D eigenvalue weighted by atomic mass is 10.1. The Bertz CT molecular complexity index is 1370. The van der Waals surface area contributed by atoms with E-state index in [2.05, 4.69) is 25.5 Å². The monoisotopic (exact) mass is 486 g/mol. The first kappa shape index (κ1) is 23.2. The Morgan fingerprint density at radius 1 is 1.06 bits per heavy atom. The molecule has 0 spiro atoms. The second kappa shape index (κ2) is 9.21. The molecule has 4 aromatic rings. The zero-order chi connectivity index (χ0) is 24.6. The van der Waals surface area contributed by atoms with Crippen LogP contribution in [0, 0.1) is 0 Å². The van der Waals surface area contributed by atoms with Crippen molar-refractivity contribution in [1.29, 1.82) is 0 Å². The lowest BCUT2D eigenvalue weighted by molar-refractivity contribution is -0.137. The van der Waals surface area contributed by atoms with E-state index < -0.39 is 11.7 Å². The molecule has 0 bridgehead atoms. The molecule has 0 radical (unpaired) electrons. The molecule has 0 saturated carbocycles. The van der Waals surface area contributed by atoms with Crippen LogP contribution >= 0.6 is 0 Å². The zero-order valence-corrected chi connectivity index (χ0v) is 19.2. The number of alkyl halides is 3. The molecule has 2 aromatic carbocycles. The van der Waals surface area contributed by atoms with Crippen molar-refractivity contribution in [3.63, 3.8) is 0 Å². The van der Waals surface area contributed by atoms with Gasteiger partial charge in [0.2, 0.25) is 5.95 Å². The second-order valence-corrected chi connectivity index (χ2v) is 8.68. The number of carbonyl (C=O) groups is 1. The highest BCUT2D eigenvalue weighted by molar-refractivity contribution is 5.97. The van der Waals surface area contributed by atoms with Crippen molar-refractivity contribution in [2.75, 3.05) is 31.5 Å². The number of anilines is 2. The van der Waals surface area contributed by atoms with Crippen molar-refractivity contribution in [3.05, 3.63) is 47.5 Å². The fourth-order valence-electron chi connectivity index (χ4n) is 4.32. The van der Waals surface area contributed by atoms with Crippen LogP contribution < -0.4 is 10.6 Å². The quantitative estimate of drug-likeness (QED) is 0.411. The molecule has 3 heterocycles. The van der Waals surface area contributed by atoms with Crippen LogP contribution in [0.15, 0.2) is 40.8 Å². The van der Waals surface area contributed by atoms with Gasteiger partial charge in [0.15, 0.2) is 5.58 Å². The van der Waals surface area contributed by atoms with Crippen LogP contribution in [-0.2, 0) is 13.2 Å². The molecule has 0 unspecified atom stereocenters. The average Bonchev–Trinajstić information content (AvgIpc) is 3.38. The molecular weight excluding hydrogens is 461 g/mol. The van der Waals surface area contributed by atoms with Crippen LogP contribution in [0.3, 0.4) is 0 Å². The highest BCUT2D eigenvalue weighted by Crippen LogP contribution is 2.32. The van der Waals surface area contributed by atoms with Gasteiger partial charge >= 0.3 is 12.2 Å². The zero-order valence-electron chi connectivity index (χ0n) is 19.2. The van der Waals surface area contributed by atoms with Crippen LogP contribution in [0.1, 0.15) is 35.2 Å². The largest absolute Gasteiger partial charge is 0.423 e. The third-order valence-electron chi connectivity index (χ3n) is 6.24. The van der Waals surface area contributed by atoms with Crippen molar-refractivity contribution < 1.29 is 22.4 Å². The Morgan fingerprint density at radius 2 is 1.86 bits per heavy atom. The van der Waals surface area contributed by atoms with Crippen LogP contribution in [-0.4, -0.2) is 51.5 Å². The molecule has 1 saturated heterocycles. The average molecular weight is 486 g/mol. The molecule has 184 valence electrons. The summed E-state index contributed by atoms with van der Waals surface area (Å²) in [5.41, 5.74) is 1.37. The third kappa shape index (κ3) is 4.95. The molecule has 5 rings (SSSR count). The standard InChI is InChI=1S/C24H25F3N6O2/c1-32-19-8-5-15(21(34)28-9-12-33-10-3-2-4-11-33)13-18(19)29-22(32)31-23-30-17-7-6-16(24(25,26)27)14-20(17)35-23/h5-8,13-14H,2-4,9-12H2,1H3,(H,28,34)(H,29,30,31). The Morgan fingerprint density at radius 3 is 2.63 bits per heavy atom. The minimum Gasteiger partial charge on any atom is -0.423 e. The van der Waals surface area contributed by atoms with Gasteiger partial charge in [-0.2, -0.15) is 18.2 Å². The van der Waals surface area contributed by atoms with Crippen molar-refractivity contribution in [1.82, 2.24) is 24.8 Å². The molecule has 1 amide bonds. The number of piperidine rings is 1. The Balaban J connectivity index is 1.29. The number of likely N-dealkylation sites (tertiary alicyclic amines) is 1. The second-order valence-electron chi connectivity index (χ2n) is 8.68. The van der Waals surface area contributed by atoms with E-state index in [0.717, 1.165) is 37.3 Å². The summed E-state index contributed by atoms with van der Waals surface area (Å²) in [4.78, 5) is 23.7. The minimum atomic E-state index is -4.47. The van der Waals surface area contributed by atoms with Crippen LogP contribution in [0.2, 0.25) is 0 Å². The van der Waals surface area contributed by atoms with Gasteiger partial charge in [0, 0.05) is 25.7 Å². The van der Waals surface area contributed by atoms with E-state index in [-0.39, 0.29) is 17.5 Å². The summed E-state index contributed by atoms with van der Waals surface area (Å²) in [6, 6.07) is 8.41. The topological polar surface area (TPSA) is 88.2 Å². The Labute approximate surface area is 199 Å². The number of halogens is 3. The van der Waals surface area contributed by atoms with E-state index in [1.54, 1.807) is 29.8 Å². The maximum absolute atomic E-state index is 13.0. The number of carbonyl (C=O) groups excluding carboxylic acids is 1. The Hall–Kier alpha value is -3.60. The summed E-state index contributed by atoms with van der Waals surface area (Å²) >= 11 is 0. The number of nitrogens with zero attached hydrogens (tertiary/aromatic N) is 4. The number of aryl methyl sites for hydroxylation is 1. The highest BCUT2D eigenvalue weighted by Gasteiger charge is 2.31. The number of imidazole rings is 1. The summed E-state index contributed by atoms with van der Waals surface area (Å²) in [7, 11) is 1.78. The first-order valence-corrected chi connectivity index (χ1v) is 11.5. The van der Waals surface area contributed by atoms with Crippen LogP contribution in [0.5, 0.6) is 0 Å². The number of nitrogens with one attached hydrogen (secondary N) is 2. The minimum absolute atomic E-state index is 0.0181. The van der Waals surface area contributed by atoms with Gasteiger partial charge in [-0.25, -0.2) is 4.98 Å². The van der Waals surface area contributed by atoms with Gasteiger partial charge in [-0.15, -0.1) is 0 Å². The highest BCUT2D eigenvalue weighted by atomic mass is 19.4. The number of oxazole rings is 1. The van der Waals surface area contributed by atoms with E-state index in [9.17, 15) is 18.0 Å². The number of aromatic nitrogens is 3. The van der Waals surface area contributed by atoms with Gasteiger partial charge in [-0.1, -0.05) is 6.42 Å². The van der Waals surface area contributed by atoms with E-state index in [1.807, 2.05) is 0 Å². The fourth-order valence-corrected chi connectivity index (χ4v) is 4.32. The van der Waals surface area contributed by atoms with E-state index in [4.69, 9.17) is 4.42 Å². The molecule has 11 heteroatoms. The van der Waals surface area contributed by atoms with Gasteiger partial charge in [-0.05, 0) is 62.3 Å². The lowest BCUT2D eigenvalue weighted by Crippen LogP contribution is -2.37. The normalized spacial score (nSPS) is 15.1. The van der Waals surface area contributed by atoms with E-state index in [0.29, 0.717) is 29.1 Å². The van der Waals surface area contributed by atoms with E-state index in [1.165, 1.54) is 25.3 Å². The smallest absolute Gasteiger partial charge is 0.416 e. The molecule has 0 aliphatic carbocycles. The molecule has 2 N–H and O–H groups in total. The predicted octanol–water partition coefficient (Wildman–Crippen LogP) is 4.69. The van der Waals surface area contributed by atoms with Crippen molar-refractivity contribution in [2.24, 2.45) is 7.05 Å². The molecule has 1 aliphatic heterocycles. The molecule has 2 aromatic heterocycles. The molecule has 8 nitrogen and oxygen atoms in total. The number of amides is 1. The number of benzene rings is 2. The summed E-state index contributed by atoms with van der Waals surface area (Å²) in [5.74, 6) is 0.216. The predicted molar refractivity (Wildman–Crippen MR) is 126 cm³/mol. The maximum atomic E-state index is 13.0. The maximum Gasteiger partial charge on any atom is 0.416 e. The number of hydrogen-bond acceptors (Lipinski definition) is 6. The van der Waals surface area contributed by atoms with Gasteiger partial charge in [0.05, 0.1) is 16.6 Å². The summed E-state index contributed by atoms with van der Waals surface area (Å²) in [5, 5.41) is 5.88. The SMILES string of the molecule is Cn1c(Nc2nc3ccc(C(F)(F)F)cc3o2)nc2cc(C(=O)NCCN3CCCCC3)ccc21. The van der Waals surface area contributed by atoms with Crippen molar-refractivity contribution >= 4 is 40.0 Å². The van der Waals surface area contributed by atoms with E-state index >= 15 is 0 Å². The van der Waals surface area contributed by atoms with Gasteiger partial charge < -0.3 is 19.2 Å². The first-order valence-electron chi connectivity index (χ1n) is 11.5. The molecule has 1 fully saturated rings. The Kier molecular flexibility index (Phi) is 6.10. The summed E-state index contributed by atoms with van der Waals surface area (Å²) in [6.45, 7) is 3.57. The first-order chi connectivity index (χ1) is 16.8. The molecule has 35 heavy (non-hydrogen) atoms. The van der Waals surface area contributed by atoms with Crippen LogP contribution in [0.25, 0.3) is 22.1 Å². The van der Waals surface area contributed by atoms with Gasteiger partial charge in [0.1, 0.15) is 5.52 Å². The van der Waals surface area contributed by atoms with Crippen molar-refractivity contribution in [3.8, 4) is 0 Å². The van der Waals surface area contributed by atoms with Crippen molar-refractivity contribution in [2.45, 2.75) is 25.4 Å². The number of rotatable bonds is 6. The summed E-state index contributed by atoms with van der Waals surface area (Å²) < 4.78 is 46.1. The molecule has 1 aliphatic rings. The number of fused-ring (bicyclic) bond motifs is 2. The third-order valence-corrected chi connectivity index (χ3v) is 6.24. The molecule has 0 atom stereocenters. The lowest BCUT2D eigenvalue weighted by Gasteiger charge is -2.26. The molecular formula is C24H25F3N6O2. The van der Waals surface area contributed by atoms with Crippen LogP contribution in [0.4, 0.5) is 25.1 Å². The fraction of sp³-hybridized carbons (Fsp3) is 0.375. The summed E-state index contributed by atoms with van der Waals surface area (Å²) in [6.07, 6.45) is -0.781. The van der Waals surface area contributed by atoms with Gasteiger partial charge in [0.25, 0.3) is 5.91 Å².